The van der Waals surface area contributed by atoms with Crippen molar-refractivity contribution in [2.45, 2.75) is 0 Å². The van der Waals surface area contributed by atoms with Crippen molar-refractivity contribution < 1.29 is 0 Å². The molecule has 0 atom stereocenters. The molecule has 0 bridgehead atoms. The van der Waals surface area contributed by atoms with E-state index in [0.29, 0.717) is 0 Å². The molecule has 0 amide bonds. The molecule has 0 saturated carbocycles. The van der Waals surface area contributed by atoms with E-state index in [2.05, 4.69) is 193 Å². The lowest BCUT2D eigenvalue weighted by Crippen LogP contribution is -1.97. The van der Waals surface area contributed by atoms with Crippen LogP contribution in [0.3, 0.4) is 0 Å². The summed E-state index contributed by atoms with van der Waals surface area (Å²) in [5, 5.41) is 7.48. The van der Waals surface area contributed by atoms with Crippen LogP contribution < -0.4 is 0 Å². The third kappa shape index (κ3) is 5.08. The molecule has 0 unspecified atom stereocenters. The molecule has 9 aromatic carbocycles. The lowest BCUT2D eigenvalue weighted by atomic mass is 9.89. The summed E-state index contributed by atoms with van der Waals surface area (Å²) in [5.74, 6) is 0.939. The van der Waals surface area contributed by atoms with Crippen molar-refractivity contribution >= 4 is 43.4 Å². The molecular formula is C49H32N2. The number of hydrogen-bond acceptors (Lipinski definition) is 1. The lowest BCUT2D eigenvalue weighted by molar-refractivity contribution is 1.10. The first-order chi connectivity index (χ1) is 25.3. The fourth-order valence-electron chi connectivity index (χ4n) is 7.62. The van der Waals surface area contributed by atoms with Crippen molar-refractivity contribution in [2.24, 2.45) is 0 Å². The van der Waals surface area contributed by atoms with Crippen LogP contribution in [-0.4, -0.2) is 9.55 Å². The minimum atomic E-state index is 0.939. The van der Waals surface area contributed by atoms with E-state index in [1.807, 2.05) is 6.07 Å². The first-order valence-corrected chi connectivity index (χ1v) is 17.5. The Hall–Kier alpha value is -6.77. The van der Waals surface area contributed by atoms with Gasteiger partial charge in [0.2, 0.25) is 0 Å². The molecule has 0 saturated heterocycles. The van der Waals surface area contributed by atoms with E-state index >= 15 is 0 Å². The number of aromatic nitrogens is 2. The number of rotatable bonds is 5. The van der Waals surface area contributed by atoms with Crippen molar-refractivity contribution in [1.29, 1.82) is 0 Å². The summed E-state index contributed by atoms with van der Waals surface area (Å²) < 4.78 is 2.25. The molecule has 2 nitrogen and oxygen atoms in total. The number of benzene rings is 9. The third-order valence-electron chi connectivity index (χ3n) is 10.2. The Labute approximate surface area is 296 Å². The van der Waals surface area contributed by atoms with Gasteiger partial charge in [0, 0.05) is 11.3 Å². The maximum atomic E-state index is 5.07. The highest BCUT2D eigenvalue weighted by atomic mass is 15.1. The van der Waals surface area contributed by atoms with Crippen molar-refractivity contribution in [1.82, 2.24) is 9.55 Å². The smallest absolute Gasteiger partial charge is 0.145 e. The van der Waals surface area contributed by atoms with E-state index in [4.69, 9.17) is 4.98 Å². The summed E-state index contributed by atoms with van der Waals surface area (Å²) in [6, 6.07) is 70.0. The number of para-hydroxylation sites is 3. The molecule has 0 aliphatic rings. The number of hydrogen-bond donors (Lipinski definition) is 0. The SMILES string of the molecule is c1ccc(-c2ccc(-c3ccc4ccccc4c3)c3cc4cc(-c5ccc(-c6nc7ccccc7n6-c6ccccc6)cc5)ccc4cc23)cc1. The van der Waals surface area contributed by atoms with Gasteiger partial charge in [-0.05, 0) is 114 Å². The van der Waals surface area contributed by atoms with Gasteiger partial charge >= 0.3 is 0 Å². The molecule has 0 spiro atoms. The molecule has 0 radical (unpaired) electrons. The molecule has 10 aromatic rings. The van der Waals surface area contributed by atoms with Crippen LogP contribution in [0.25, 0.3) is 93.8 Å². The van der Waals surface area contributed by atoms with Gasteiger partial charge in [-0.25, -0.2) is 4.98 Å². The normalized spacial score (nSPS) is 11.5. The summed E-state index contributed by atoms with van der Waals surface area (Å²) >= 11 is 0. The van der Waals surface area contributed by atoms with Gasteiger partial charge in [0.05, 0.1) is 11.0 Å². The Kier molecular flexibility index (Phi) is 6.85. The summed E-state index contributed by atoms with van der Waals surface area (Å²) in [4.78, 5) is 5.07. The van der Waals surface area contributed by atoms with Crippen LogP contribution in [0.15, 0.2) is 194 Å². The molecule has 0 aliphatic heterocycles. The average molecular weight is 649 g/mol. The van der Waals surface area contributed by atoms with Gasteiger partial charge in [-0.2, -0.15) is 0 Å². The molecule has 10 rings (SSSR count). The molecule has 0 fully saturated rings. The molecule has 1 heterocycles. The fraction of sp³-hybridized carbons (Fsp3) is 0. The zero-order valence-electron chi connectivity index (χ0n) is 27.9. The molecule has 238 valence electrons. The first-order valence-electron chi connectivity index (χ1n) is 17.5. The second-order valence-electron chi connectivity index (χ2n) is 13.2. The Balaban J connectivity index is 1.10. The summed E-state index contributed by atoms with van der Waals surface area (Å²) in [6.07, 6.45) is 0. The summed E-state index contributed by atoms with van der Waals surface area (Å²) in [7, 11) is 0. The third-order valence-corrected chi connectivity index (χ3v) is 10.2. The van der Waals surface area contributed by atoms with Crippen LogP contribution in [0, 0.1) is 0 Å². The van der Waals surface area contributed by atoms with Crippen LogP contribution in [-0.2, 0) is 0 Å². The Morgan fingerprint density at radius 3 is 1.69 bits per heavy atom. The monoisotopic (exact) mass is 648 g/mol. The van der Waals surface area contributed by atoms with Crippen LogP contribution in [0.4, 0.5) is 0 Å². The largest absolute Gasteiger partial charge is 0.292 e. The van der Waals surface area contributed by atoms with E-state index in [1.165, 1.54) is 65.7 Å². The predicted octanol–water partition coefficient (Wildman–Crippen LogP) is 13.2. The Bertz CT molecular complexity index is 2880. The van der Waals surface area contributed by atoms with Gasteiger partial charge in [-0.3, -0.25) is 4.57 Å². The molecular weight excluding hydrogens is 617 g/mol. The molecule has 51 heavy (non-hydrogen) atoms. The van der Waals surface area contributed by atoms with Gasteiger partial charge in [0.25, 0.3) is 0 Å². The van der Waals surface area contributed by atoms with Crippen molar-refractivity contribution in [3.8, 4) is 50.5 Å². The average Bonchev–Trinajstić information content (AvgIpc) is 3.60. The van der Waals surface area contributed by atoms with Crippen LogP contribution in [0.1, 0.15) is 0 Å². The quantitative estimate of drug-likeness (QED) is 0.170. The number of nitrogens with zero attached hydrogens (tertiary/aromatic N) is 2. The van der Waals surface area contributed by atoms with Gasteiger partial charge in [-0.15, -0.1) is 0 Å². The lowest BCUT2D eigenvalue weighted by Gasteiger charge is -2.15. The van der Waals surface area contributed by atoms with Crippen molar-refractivity contribution in [3.63, 3.8) is 0 Å². The Morgan fingerprint density at radius 2 is 0.882 bits per heavy atom. The van der Waals surface area contributed by atoms with E-state index in [9.17, 15) is 0 Å². The maximum Gasteiger partial charge on any atom is 0.145 e. The van der Waals surface area contributed by atoms with Crippen molar-refractivity contribution in [3.05, 3.63) is 194 Å². The highest BCUT2D eigenvalue weighted by Crippen LogP contribution is 2.40. The van der Waals surface area contributed by atoms with E-state index in [-0.39, 0.29) is 0 Å². The second kappa shape index (κ2) is 12.0. The van der Waals surface area contributed by atoms with E-state index in [0.717, 1.165) is 28.1 Å². The number of imidazole rings is 1. The Morgan fingerprint density at radius 1 is 0.333 bits per heavy atom. The topological polar surface area (TPSA) is 17.8 Å². The summed E-state index contributed by atoms with van der Waals surface area (Å²) in [5.41, 5.74) is 11.6. The highest BCUT2D eigenvalue weighted by molar-refractivity contribution is 6.11. The van der Waals surface area contributed by atoms with E-state index in [1.54, 1.807) is 0 Å². The molecule has 0 aliphatic carbocycles. The van der Waals surface area contributed by atoms with Gasteiger partial charge in [0.15, 0.2) is 0 Å². The minimum Gasteiger partial charge on any atom is -0.292 e. The zero-order chi connectivity index (χ0) is 33.7. The van der Waals surface area contributed by atoms with Crippen LogP contribution in [0.5, 0.6) is 0 Å². The maximum absolute atomic E-state index is 5.07. The predicted molar refractivity (Wildman–Crippen MR) is 215 cm³/mol. The van der Waals surface area contributed by atoms with Gasteiger partial charge in [0.1, 0.15) is 5.82 Å². The van der Waals surface area contributed by atoms with Crippen molar-refractivity contribution in [2.75, 3.05) is 0 Å². The second-order valence-corrected chi connectivity index (χ2v) is 13.2. The van der Waals surface area contributed by atoms with Gasteiger partial charge < -0.3 is 0 Å². The van der Waals surface area contributed by atoms with Gasteiger partial charge in [-0.1, -0.05) is 146 Å². The molecule has 2 heteroatoms. The zero-order valence-corrected chi connectivity index (χ0v) is 27.9. The highest BCUT2D eigenvalue weighted by Gasteiger charge is 2.15. The number of fused-ring (bicyclic) bond motifs is 4. The molecule has 1 aromatic heterocycles. The standard InChI is InChI=1S/C49H32N2/c1-3-12-35(13-4-1)43-27-28-44(40-26-21-33-11-7-8-14-37(33)29-40)46-32-41-30-38(24-25-39(41)31-45(43)46)34-19-22-36(23-20-34)49-50-47-17-9-10-18-48(47)51(49)42-15-5-2-6-16-42/h1-32H. The van der Waals surface area contributed by atoms with Crippen LogP contribution >= 0.6 is 0 Å². The minimum absolute atomic E-state index is 0.939. The summed E-state index contributed by atoms with van der Waals surface area (Å²) in [6.45, 7) is 0. The first kappa shape index (κ1) is 29.2. The van der Waals surface area contributed by atoms with E-state index < -0.39 is 0 Å². The fourth-order valence-corrected chi connectivity index (χ4v) is 7.62. The van der Waals surface area contributed by atoms with Crippen LogP contribution in [0.2, 0.25) is 0 Å². The molecule has 0 N–H and O–H groups in total.